The highest BCUT2D eigenvalue weighted by Gasteiger charge is 2.22. The van der Waals surface area contributed by atoms with E-state index in [1.807, 2.05) is 18.3 Å². The van der Waals surface area contributed by atoms with Crippen LogP contribution in [-0.4, -0.2) is 39.2 Å². The maximum Gasteiger partial charge on any atom is 0.269 e. The number of aromatic nitrogens is 2. The molecule has 4 rings (SSSR count). The minimum absolute atomic E-state index is 0.153. The lowest BCUT2D eigenvalue weighted by atomic mass is 10.2. The Labute approximate surface area is 144 Å². The maximum atomic E-state index is 10.9. The number of rotatable bonds is 5. The van der Waals surface area contributed by atoms with Crippen LogP contribution in [0.15, 0.2) is 48.7 Å². The van der Waals surface area contributed by atoms with Crippen molar-refractivity contribution in [2.24, 2.45) is 0 Å². The molecule has 2 heterocycles. The topological polar surface area (TPSA) is 87.1 Å². The van der Waals surface area contributed by atoms with Crippen molar-refractivity contribution >= 4 is 22.3 Å². The van der Waals surface area contributed by atoms with Gasteiger partial charge in [0.15, 0.2) is 0 Å². The molecule has 0 aliphatic carbocycles. The zero-order valence-electron chi connectivity index (χ0n) is 13.7. The van der Waals surface area contributed by atoms with Crippen LogP contribution in [0.2, 0.25) is 0 Å². The molecule has 3 aromatic rings. The third kappa shape index (κ3) is 3.46. The Morgan fingerprint density at radius 1 is 1.32 bits per heavy atom. The summed E-state index contributed by atoms with van der Waals surface area (Å²) in [4.78, 5) is 12.9. The molecule has 1 aliphatic heterocycles. The minimum Gasteiger partial charge on any atom is -0.381 e. The monoisotopic (exact) mass is 337 g/mol. The second-order valence-corrected chi connectivity index (χ2v) is 6.46. The number of nitro groups is 1. The summed E-state index contributed by atoms with van der Waals surface area (Å²) in [6, 6.07) is 13.5. The Kier molecular flexibility index (Phi) is 4.07. The molecule has 1 aliphatic rings. The van der Waals surface area contributed by atoms with Gasteiger partial charge in [0.1, 0.15) is 0 Å². The van der Waals surface area contributed by atoms with Gasteiger partial charge in [0.2, 0.25) is 0 Å². The molecular weight excluding hydrogens is 318 g/mol. The first-order valence-electron chi connectivity index (χ1n) is 8.33. The predicted molar refractivity (Wildman–Crippen MR) is 96.5 cm³/mol. The number of nitro benzene ring substituents is 1. The van der Waals surface area contributed by atoms with Gasteiger partial charge in [-0.25, -0.2) is 0 Å². The molecule has 0 saturated carbocycles. The lowest BCUT2D eigenvalue weighted by Gasteiger charge is -2.17. The van der Waals surface area contributed by atoms with Crippen LogP contribution < -0.4 is 5.32 Å². The van der Waals surface area contributed by atoms with Crippen LogP contribution in [0.4, 0.5) is 11.4 Å². The van der Waals surface area contributed by atoms with Gasteiger partial charge in [0.05, 0.1) is 16.6 Å². The summed E-state index contributed by atoms with van der Waals surface area (Å²) in [5.74, 6) is 0. The lowest BCUT2D eigenvalue weighted by Crippen LogP contribution is -2.25. The zero-order valence-corrected chi connectivity index (χ0v) is 13.7. The Bertz CT molecular complexity index is 907. The maximum absolute atomic E-state index is 10.9. The normalized spacial score (nSPS) is 17.8. The van der Waals surface area contributed by atoms with Crippen LogP contribution in [-0.2, 0) is 6.54 Å². The summed E-state index contributed by atoms with van der Waals surface area (Å²) in [6.45, 7) is 2.64. The second kappa shape index (κ2) is 6.52. The number of likely N-dealkylation sites (tertiary alicyclic amines) is 1. The van der Waals surface area contributed by atoms with Gasteiger partial charge in [-0.2, -0.15) is 5.10 Å². The van der Waals surface area contributed by atoms with E-state index in [1.54, 1.807) is 12.1 Å². The van der Waals surface area contributed by atoms with E-state index >= 15 is 0 Å². The van der Waals surface area contributed by atoms with E-state index in [4.69, 9.17) is 0 Å². The number of aromatic amines is 1. The van der Waals surface area contributed by atoms with Crippen molar-refractivity contribution < 1.29 is 4.92 Å². The number of H-pyrrole nitrogens is 1. The van der Waals surface area contributed by atoms with Crippen LogP contribution in [0.25, 0.3) is 10.9 Å². The number of nitrogens with one attached hydrogen (secondary N) is 2. The molecule has 7 nitrogen and oxygen atoms in total. The van der Waals surface area contributed by atoms with E-state index in [2.05, 4.69) is 32.5 Å². The molecule has 0 amide bonds. The van der Waals surface area contributed by atoms with Crippen molar-refractivity contribution in [1.29, 1.82) is 0 Å². The largest absolute Gasteiger partial charge is 0.381 e. The van der Waals surface area contributed by atoms with Gasteiger partial charge in [-0.05, 0) is 30.2 Å². The average Bonchev–Trinajstić information content (AvgIpc) is 3.24. The lowest BCUT2D eigenvalue weighted by molar-refractivity contribution is -0.384. The summed E-state index contributed by atoms with van der Waals surface area (Å²) < 4.78 is 0. The fourth-order valence-electron chi connectivity index (χ4n) is 3.39. The summed E-state index contributed by atoms with van der Waals surface area (Å²) in [5.41, 5.74) is 3.26. The second-order valence-electron chi connectivity index (χ2n) is 6.46. The van der Waals surface area contributed by atoms with E-state index in [0.29, 0.717) is 6.04 Å². The van der Waals surface area contributed by atoms with Gasteiger partial charge in [-0.3, -0.25) is 20.1 Å². The smallest absolute Gasteiger partial charge is 0.269 e. The van der Waals surface area contributed by atoms with Gasteiger partial charge in [-0.1, -0.05) is 12.1 Å². The Balaban J connectivity index is 1.38. The molecule has 0 radical (unpaired) electrons. The first-order valence-corrected chi connectivity index (χ1v) is 8.33. The number of benzene rings is 2. The summed E-state index contributed by atoms with van der Waals surface area (Å²) in [6.07, 6.45) is 2.88. The van der Waals surface area contributed by atoms with Gasteiger partial charge >= 0.3 is 0 Å². The van der Waals surface area contributed by atoms with Gasteiger partial charge < -0.3 is 5.32 Å². The molecule has 2 N–H and O–H groups in total. The van der Waals surface area contributed by atoms with Gasteiger partial charge in [0, 0.05) is 48.9 Å². The minimum atomic E-state index is -0.343. The van der Waals surface area contributed by atoms with Crippen molar-refractivity contribution in [3.05, 3.63) is 64.3 Å². The third-order valence-corrected chi connectivity index (χ3v) is 4.61. The van der Waals surface area contributed by atoms with Gasteiger partial charge in [-0.15, -0.1) is 0 Å². The van der Waals surface area contributed by atoms with Crippen molar-refractivity contribution in [2.45, 2.75) is 19.0 Å². The highest BCUT2D eigenvalue weighted by atomic mass is 16.6. The quantitative estimate of drug-likeness (QED) is 0.551. The van der Waals surface area contributed by atoms with Crippen LogP contribution >= 0.6 is 0 Å². The fraction of sp³-hybridized carbons (Fsp3) is 0.278. The number of nitrogens with zero attached hydrogens (tertiary/aromatic N) is 3. The Morgan fingerprint density at radius 3 is 3.12 bits per heavy atom. The Morgan fingerprint density at radius 2 is 2.24 bits per heavy atom. The Hall–Kier alpha value is -2.93. The predicted octanol–water partition coefficient (Wildman–Crippen LogP) is 3.16. The number of fused-ring (bicyclic) bond motifs is 1. The molecule has 128 valence electrons. The van der Waals surface area contributed by atoms with E-state index < -0.39 is 0 Å². The fourth-order valence-corrected chi connectivity index (χ4v) is 3.39. The number of non-ortho nitro benzene ring substituents is 1. The van der Waals surface area contributed by atoms with E-state index in [-0.39, 0.29) is 10.6 Å². The van der Waals surface area contributed by atoms with E-state index in [0.717, 1.165) is 48.2 Å². The SMILES string of the molecule is O=[N+]([O-])c1cccc(CN2CCC(Nc3ccc4[nH]ncc4c3)C2)c1. The molecule has 1 fully saturated rings. The standard InChI is InChI=1S/C18H19N5O2/c24-23(25)17-3-1-2-13(8-17)11-22-7-6-16(12-22)20-15-4-5-18-14(9-15)10-19-21-18/h1-5,8-10,16,20H,6-7,11-12H2,(H,19,21). The van der Waals surface area contributed by atoms with Crippen LogP contribution in [0.1, 0.15) is 12.0 Å². The molecule has 1 unspecified atom stereocenters. The third-order valence-electron chi connectivity index (χ3n) is 4.61. The summed E-state index contributed by atoms with van der Waals surface area (Å²) in [5, 5.41) is 22.6. The first kappa shape index (κ1) is 15.6. The first-order chi connectivity index (χ1) is 12.2. The molecule has 1 aromatic heterocycles. The molecule has 1 saturated heterocycles. The summed E-state index contributed by atoms with van der Waals surface area (Å²) in [7, 11) is 0. The van der Waals surface area contributed by atoms with E-state index in [9.17, 15) is 10.1 Å². The van der Waals surface area contributed by atoms with Crippen LogP contribution in [0.3, 0.4) is 0 Å². The van der Waals surface area contributed by atoms with Crippen LogP contribution in [0, 0.1) is 10.1 Å². The molecule has 0 spiro atoms. The number of hydrogen-bond donors (Lipinski definition) is 2. The van der Waals surface area contributed by atoms with E-state index in [1.165, 1.54) is 6.07 Å². The van der Waals surface area contributed by atoms with Crippen molar-refractivity contribution in [2.75, 3.05) is 18.4 Å². The average molecular weight is 337 g/mol. The van der Waals surface area contributed by atoms with Gasteiger partial charge in [0.25, 0.3) is 5.69 Å². The zero-order chi connectivity index (χ0) is 17.2. The molecule has 0 bridgehead atoms. The van der Waals surface area contributed by atoms with Crippen molar-refractivity contribution in [1.82, 2.24) is 15.1 Å². The van der Waals surface area contributed by atoms with Crippen LogP contribution in [0.5, 0.6) is 0 Å². The number of anilines is 1. The van der Waals surface area contributed by atoms with Crippen molar-refractivity contribution in [3.63, 3.8) is 0 Å². The summed E-state index contributed by atoms with van der Waals surface area (Å²) >= 11 is 0. The molecule has 25 heavy (non-hydrogen) atoms. The number of hydrogen-bond acceptors (Lipinski definition) is 5. The highest BCUT2D eigenvalue weighted by Crippen LogP contribution is 2.22. The molecular formula is C18H19N5O2. The molecule has 1 atom stereocenters. The molecule has 7 heteroatoms. The highest BCUT2D eigenvalue weighted by molar-refractivity contribution is 5.81. The van der Waals surface area contributed by atoms with Crippen molar-refractivity contribution in [3.8, 4) is 0 Å². The molecule has 2 aromatic carbocycles.